The van der Waals surface area contributed by atoms with Crippen molar-refractivity contribution in [2.75, 3.05) is 31.6 Å². The number of halogens is 1. The molecule has 1 aliphatic heterocycles. The van der Waals surface area contributed by atoms with Gasteiger partial charge < -0.3 is 10.1 Å². The number of rotatable bonds is 7. The monoisotopic (exact) mass is 421 g/mol. The second-order valence-corrected chi connectivity index (χ2v) is 8.27. The van der Waals surface area contributed by atoms with Crippen LogP contribution in [0.2, 0.25) is 5.02 Å². The van der Waals surface area contributed by atoms with Crippen molar-refractivity contribution in [3.05, 3.63) is 45.9 Å². The number of hydrogen-bond acceptors (Lipinski definition) is 6. The van der Waals surface area contributed by atoms with E-state index < -0.39 is 0 Å². The van der Waals surface area contributed by atoms with E-state index in [1.165, 1.54) is 11.3 Å². The Morgan fingerprint density at radius 2 is 2.07 bits per heavy atom. The second kappa shape index (κ2) is 10.0. The van der Waals surface area contributed by atoms with Gasteiger partial charge in [0, 0.05) is 22.5 Å². The number of aromatic nitrogens is 1. The first-order chi connectivity index (χ1) is 13.5. The third kappa shape index (κ3) is 5.77. The summed E-state index contributed by atoms with van der Waals surface area (Å²) in [6, 6.07) is 7.71. The molecule has 28 heavy (non-hydrogen) atoms. The van der Waals surface area contributed by atoms with Gasteiger partial charge in [-0.25, -0.2) is 4.98 Å². The van der Waals surface area contributed by atoms with Gasteiger partial charge in [-0.3, -0.25) is 14.5 Å². The van der Waals surface area contributed by atoms with Gasteiger partial charge in [0.2, 0.25) is 5.91 Å². The fraction of sp³-hybridized carbons (Fsp3) is 0.450. The minimum Gasteiger partial charge on any atom is -0.466 e. The van der Waals surface area contributed by atoms with Gasteiger partial charge >= 0.3 is 5.97 Å². The Balaban J connectivity index is 1.45. The van der Waals surface area contributed by atoms with Gasteiger partial charge in [0.1, 0.15) is 0 Å². The van der Waals surface area contributed by atoms with Crippen LogP contribution in [0.25, 0.3) is 0 Å². The normalized spacial score (nSPS) is 15.4. The molecule has 0 radical (unpaired) electrons. The molecule has 0 unspecified atom stereocenters. The Hall–Kier alpha value is -1.96. The summed E-state index contributed by atoms with van der Waals surface area (Å²) in [6.45, 7) is 3.96. The molecular weight excluding hydrogens is 398 g/mol. The second-order valence-electron chi connectivity index (χ2n) is 6.75. The average molecular weight is 422 g/mol. The molecule has 2 heterocycles. The predicted octanol–water partition coefficient (Wildman–Crippen LogP) is 3.60. The summed E-state index contributed by atoms with van der Waals surface area (Å²) in [6.07, 6.45) is 3.92. The molecule has 2 aromatic rings. The van der Waals surface area contributed by atoms with Crippen molar-refractivity contribution in [3.63, 3.8) is 0 Å². The number of carbonyl (C=O) groups is 2. The van der Waals surface area contributed by atoms with Gasteiger partial charge in [0.25, 0.3) is 0 Å². The molecule has 8 heteroatoms. The molecule has 6 nitrogen and oxygen atoms in total. The first kappa shape index (κ1) is 20.8. The summed E-state index contributed by atoms with van der Waals surface area (Å²) in [5.74, 6) is -0.265. The van der Waals surface area contributed by atoms with Gasteiger partial charge in [0.15, 0.2) is 5.13 Å². The Bertz CT molecular complexity index is 819. The van der Waals surface area contributed by atoms with Crippen LogP contribution < -0.4 is 5.32 Å². The van der Waals surface area contributed by atoms with E-state index >= 15 is 0 Å². The molecule has 0 atom stereocenters. The number of benzene rings is 1. The van der Waals surface area contributed by atoms with Crippen LogP contribution in [0.3, 0.4) is 0 Å². The highest BCUT2D eigenvalue weighted by molar-refractivity contribution is 7.15. The quantitative estimate of drug-likeness (QED) is 0.691. The van der Waals surface area contributed by atoms with Crippen LogP contribution in [0.15, 0.2) is 30.5 Å². The van der Waals surface area contributed by atoms with Crippen LogP contribution in [0.4, 0.5) is 5.13 Å². The van der Waals surface area contributed by atoms with Crippen molar-refractivity contribution in [2.45, 2.75) is 26.2 Å². The highest BCUT2D eigenvalue weighted by atomic mass is 35.5. The molecule has 0 saturated carbocycles. The molecule has 1 amide bonds. The van der Waals surface area contributed by atoms with Crippen LogP contribution in [0.1, 0.15) is 30.2 Å². The number of thiazole rings is 1. The zero-order valence-electron chi connectivity index (χ0n) is 15.8. The smallest absolute Gasteiger partial charge is 0.309 e. The lowest BCUT2D eigenvalue weighted by Crippen LogP contribution is -2.41. The van der Waals surface area contributed by atoms with Crippen LogP contribution in [-0.2, 0) is 20.7 Å². The van der Waals surface area contributed by atoms with E-state index in [1.807, 2.05) is 31.2 Å². The van der Waals surface area contributed by atoms with Gasteiger partial charge in [-0.1, -0.05) is 29.8 Å². The molecule has 0 bridgehead atoms. The first-order valence-electron chi connectivity index (χ1n) is 9.42. The summed E-state index contributed by atoms with van der Waals surface area (Å²) in [7, 11) is 0. The molecule has 0 spiro atoms. The number of anilines is 1. The van der Waals surface area contributed by atoms with E-state index in [9.17, 15) is 9.59 Å². The van der Waals surface area contributed by atoms with Crippen molar-refractivity contribution in [3.8, 4) is 0 Å². The summed E-state index contributed by atoms with van der Waals surface area (Å²) in [5.41, 5.74) is 1.04. The summed E-state index contributed by atoms with van der Waals surface area (Å²) in [4.78, 5) is 31.5. The average Bonchev–Trinajstić information content (AvgIpc) is 3.11. The molecular formula is C20H24ClN3O3S. The fourth-order valence-electron chi connectivity index (χ4n) is 3.23. The molecule has 1 N–H and O–H groups in total. The number of likely N-dealkylation sites (tertiary alicyclic amines) is 1. The lowest BCUT2D eigenvalue weighted by molar-refractivity contribution is -0.149. The number of nitrogens with zero attached hydrogens (tertiary/aromatic N) is 2. The first-order valence-corrected chi connectivity index (χ1v) is 10.6. The number of carbonyl (C=O) groups excluding carboxylic acids is 2. The number of amides is 1. The highest BCUT2D eigenvalue weighted by Gasteiger charge is 2.26. The largest absolute Gasteiger partial charge is 0.466 e. The number of piperidine rings is 1. The van der Waals surface area contributed by atoms with Crippen LogP contribution in [0, 0.1) is 5.92 Å². The van der Waals surface area contributed by atoms with Crippen LogP contribution >= 0.6 is 22.9 Å². The Morgan fingerprint density at radius 3 is 2.79 bits per heavy atom. The van der Waals surface area contributed by atoms with Crippen molar-refractivity contribution in [1.82, 2.24) is 9.88 Å². The number of esters is 1. The van der Waals surface area contributed by atoms with Crippen molar-refractivity contribution >= 4 is 39.9 Å². The lowest BCUT2D eigenvalue weighted by Gasteiger charge is -2.30. The fourth-order valence-corrected chi connectivity index (χ4v) is 4.28. The summed E-state index contributed by atoms with van der Waals surface area (Å²) in [5, 5.41) is 4.19. The molecule has 1 aliphatic rings. The van der Waals surface area contributed by atoms with E-state index in [-0.39, 0.29) is 17.8 Å². The number of nitrogens with one attached hydrogen (secondary N) is 1. The summed E-state index contributed by atoms with van der Waals surface area (Å²) < 4.78 is 5.08. The van der Waals surface area contributed by atoms with Crippen molar-refractivity contribution in [1.29, 1.82) is 0 Å². The zero-order valence-corrected chi connectivity index (χ0v) is 17.4. The Labute approximate surface area is 173 Å². The predicted molar refractivity (Wildman–Crippen MR) is 111 cm³/mol. The number of ether oxygens (including phenoxy) is 1. The van der Waals surface area contributed by atoms with Crippen LogP contribution in [-0.4, -0.2) is 48.0 Å². The maximum Gasteiger partial charge on any atom is 0.309 e. The third-order valence-corrected chi connectivity index (χ3v) is 5.98. The Kier molecular flexibility index (Phi) is 7.42. The van der Waals surface area contributed by atoms with E-state index in [1.54, 1.807) is 6.20 Å². The maximum atomic E-state index is 12.3. The minimum atomic E-state index is -0.125. The topological polar surface area (TPSA) is 71.5 Å². The zero-order chi connectivity index (χ0) is 19.9. The van der Waals surface area contributed by atoms with E-state index in [2.05, 4.69) is 15.2 Å². The summed E-state index contributed by atoms with van der Waals surface area (Å²) >= 11 is 7.66. The van der Waals surface area contributed by atoms with Crippen molar-refractivity contribution in [2.24, 2.45) is 5.92 Å². The van der Waals surface area contributed by atoms with Crippen molar-refractivity contribution < 1.29 is 14.3 Å². The standard InChI is InChI=1S/C20H24ClN3O3S/c1-2-27-19(26)14-7-9-24(10-8-14)13-18(25)23-20-22-12-16(28-20)11-15-5-3-4-6-17(15)21/h3-6,12,14H,2,7-11,13H2,1H3,(H,22,23,25). The van der Waals surface area contributed by atoms with Gasteiger partial charge in [-0.2, -0.15) is 0 Å². The van der Waals surface area contributed by atoms with Crippen LogP contribution in [0.5, 0.6) is 0 Å². The maximum absolute atomic E-state index is 12.3. The molecule has 1 saturated heterocycles. The molecule has 150 valence electrons. The lowest BCUT2D eigenvalue weighted by atomic mass is 9.97. The number of hydrogen-bond donors (Lipinski definition) is 1. The molecule has 1 aromatic carbocycles. The van der Waals surface area contributed by atoms with E-state index in [4.69, 9.17) is 16.3 Å². The Morgan fingerprint density at radius 1 is 1.32 bits per heavy atom. The van der Waals surface area contributed by atoms with Gasteiger partial charge in [-0.15, -0.1) is 11.3 Å². The molecule has 1 aromatic heterocycles. The molecule has 1 fully saturated rings. The molecule has 3 rings (SSSR count). The highest BCUT2D eigenvalue weighted by Crippen LogP contribution is 2.25. The minimum absolute atomic E-state index is 0.0504. The van der Waals surface area contributed by atoms with E-state index in [0.717, 1.165) is 28.3 Å². The SMILES string of the molecule is CCOC(=O)C1CCN(CC(=O)Nc2ncc(Cc3ccccc3Cl)s2)CC1. The van der Waals surface area contributed by atoms with Gasteiger partial charge in [0.05, 0.1) is 19.1 Å². The third-order valence-electron chi connectivity index (χ3n) is 4.70. The van der Waals surface area contributed by atoms with Gasteiger partial charge in [-0.05, 0) is 44.5 Å². The van der Waals surface area contributed by atoms with E-state index in [0.29, 0.717) is 37.8 Å². The molecule has 0 aliphatic carbocycles.